The van der Waals surface area contributed by atoms with Gasteiger partial charge < -0.3 is 14.5 Å². The Bertz CT molecular complexity index is 882. The number of halogens is 1. The number of carbonyl (C=O) groups excluding carboxylic acids is 2. The van der Waals surface area contributed by atoms with Crippen molar-refractivity contribution in [2.45, 2.75) is 0 Å². The molecule has 0 atom stereocenters. The Morgan fingerprint density at radius 3 is 2.33 bits per heavy atom. The van der Waals surface area contributed by atoms with Crippen molar-refractivity contribution in [2.75, 3.05) is 26.2 Å². The van der Waals surface area contributed by atoms with E-state index in [1.165, 1.54) is 12.3 Å². The SMILES string of the molecule is C=CC(=O)N1CC2(C1)CN(C(=O)c1ccc(Oc3ccc(Cl)cn3)cc1)C2. The Hall–Kier alpha value is -2.86. The number of likely N-dealkylation sites (tertiary alicyclic amines) is 2. The first-order chi connectivity index (χ1) is 13.0. The van der Waals surface area contributed by atoms with E-state index in [0.29, 0.717) is 48.4 Å². The average Bonchev–Trinajstić information content (AvgIpc) is 2.61. The number of hydrogen-bond acceptors (Lipinski definition) is 4. The minimum Gasteiger partial charge on any atom is -0.439 e. The number of rotatable bonds is 4. The van der Waals surface area contributed by atoms with Crippen LogP contribution in [0.4, 0.5) is 0 Å². The Morgan fingerprint density at radius 1 is 1.07 bits per heavy atom. The van der Waals surface area contributed by atoms with Crippen LogP contribution >= 0.6 is 11.6 Å². The fourth-order valence-corrected chi connectivity index (χ4v) is 3.66. The lowest BCUT2D eigenvalue weighted by Crippen LogP contribution is -2.73. The van der Waals surface area contributed by atoms with Gasteiger partial charge >= 0.3 is 0 Å². The fraction of sp³-hybridized carbons (Fsp3) is 0.250. The van der Waals surface area contributed by atoms with E-state index in [-0.39, 0.29) is 17.2 Å². The van der Waals surface area contributed by atoms with Gasteiger partial charge in [-0.25, -0.2) is 4.98 Å². The summed E-state index contributed by atoms with van der Waals surface area (Å²) in [5, 5.41) is 0.541. The van der Waals surface area contributed by atoms with Crippen LogP contribution in [0.15, 0.2) is 55.3 Å². The van der Waals surface area contributed by atoms with E-state index >= 15 is 0 Å². The summed E-state index contributed by atoms with van der Waals surface area (Å²) in [6.45, 7) is 6.25. The minimum atomic E-state index is -0.0452. The molecule has 0 bridgehead atoms. The summed E-state index contributed by atoms with van der Waals surface area (Å²) in [7, 11) is 0. The molecule has 2 fully saturated rings. The predicted molar refractivity (Wildman–Crippen MR) is 101 cm³/mol. The van der Waals surface area contributed by atoms with Gasteiger partial charge in [0, 0.05) is 49.4 Å². The van der Waals surface area contributed by atoms with Crippen LogP contribution in [0.2, 0.25) is 5.02 Å². The molecule has 0 radical (unpaired) electrons. The van der Waals surface area contributed by atoms with Gasteiger partial charge in [-0.2, -0.15) is 0 Å². The molecule has 2 saturated heterocycles. The van der Waals surface area contributed by atoms with Crippen LogP contribution in [-0.4, -0.2) is 52.8 Å². The van der Waals surface area contributed by atoms with Crippen LogP contribution in [-0.2, 0) is 4.79 Å². The molecule has 2 aromatic rings. The Labute approximate surface area is 162 Å². The van der Waals surface area contributed by atoms with Gasteiger partial charge in [0.25, 0.3) is 5.91 Å². The van der Waals surface area contributed by atoms with Crippen LogP contribution < -0.4 is 4.74 Å². The highest BCUT2D eigenvalue weighted by atomic mass is 35.5. The van der Waals surface area contributed by atoms with Crippen molar-refractivity contribution in [3.63, 3.8) is 0 Å². The molecule has 138 valence electrons. The molecule has 0 unspecified atom stereocenters. The summed E-state index contributed by atoms with van der Waals surface area (Å²) >= 11 is 5.80. The molecule has 6 nitrogen and oxygen atoms in total. The summed E-state index contributed by atoms with van der Waals surface area (Å²) in [6.07, 6.45) is 2.84. The second-order valence-electron chi connectivity index (χ2n) is 7.00. The lowest BCUT2D eigenvalue weighted by molar-refractivity contribution is -0.149. The van der Waals surface area contributed by atoms with Crippen LogP contribution in [0.25, 0.3) is 0 Å². The number of nitrogens with zero attached hydrogens (tertiary/aromatic N) is 3. The van der Waals surface area contributed by atoms with E-state index in [2.05, 4.69) is 11.6 Å². The number of hydrogen-bond donors (Lipinski definition) is 0. The molecule has 4 rings (SSSR count). The second kappa shape index (κ2) is 6.70. The van der Waals surface area contributed by atoms with E-state index in [9.17, 15) is 9.59 Å². The maximum atomic E-state index is 12.6. The molecule has 1 aromatic heterocycles. The van der Waals surface area contributed by atoms with Crippen molar-refractivity contribution in [1.29, 1.82) is 0 Å². The third-order valence-corrected chi connectivity index (χ3v) is 5.13. The van der Waals surface area contributed by atoms with Crippen molar-refractivity contribution >= 4 is 23.4 Å². The summed E-state index contributed by atoms with van der Waals surface area (Å²) in [5.41, 5.74) is 0.678. The molecule has 2 aliphatic rings. The lowest BCUT2D eigenvalue weighted by atomic mass is 9.72. The number of benzene rings is 1. The van der Waals surface area contributed by atoms with E-state index in [1.807, 2.05) is 4.90 Å². The first kappa shape index (κ1) is 17.5. The van der Waals surface area contributed by atoms with Gasteiger partial charge in [-0.3, -0.25) is 9.59 Å². The standard InChI is InChI=1S/C20H18ClN3O3/c1-2-18(25)23-10-20(11-23)12-24(13-20)19(26)14-3-6-16(7-4-14)27-17-8-5-15(21)9-22-17/h2-9H,1,10-13H2. The van der Waals surface area contributed by atoms with Crippen LogP contribution in [0.1, 0.15) is 10.4 Å². The van der Waals surface area contributed by atoms with Crippen molar-refractivity contribution < 1.29 is 14.3 Å². The average molecular weight is 384 g/mol. The quantitative estimate of drug-likeness (QED) is 0.761. The van der Waals surface area contributed by atoms with Crippen LogP contribution in [0, 0.1) is 5.41 Å². The summed E-state index contributed by atoms with van der Waals surface area (Å²) in [6, 6.07) is 10.4. The molecule has 2 amide bonds. The van der Waals surface area contributed by atoms with Crippen LogP contribution in [0.5, 0.6) is 11.6 Å². The Kier molecular flexibility index (Phi) is 4.36. The van der Waals surface area contributed by atoms with E-state index in [0.717, 1.165) is 0 Å². The topological polar surface area (TPSA) is 62.7 Å². The van der Waals surface area contributed by atoms with Crippen molar-refractivity contribution in [2.24, 2.45) is 5.41 Å². The van der Waals surface area contributed by atoms with Crippen molar-refractivity contribution in [3.05, 3.63) is 65.8 Å². The van der Waals surface area contributed by atoms with Gasteiger partial charge in [0.2, 0.25) is 11.8 Å². The molecule has 0 aliphatic carbocycles. The molecule has 0 saturated carbocycles. The van der Waals surface area contributed by atoms with Gasteiger partial charge in [0.15, 0.2) is 0 Å². The molecular weight excluding hydrogens is 366 g/mol. The highest BCUT2D eigenvalue weighted by molar-refractivity contribution is 6.30. The molecule has 27 heavy (non-hydrogen) atoms. The summed E-state index contributed by atoms with van der Waals surface area (Å²) < 4.78 is 5.63. The minimum absolute atomic E-state index is 0.00899. The van der Waals surface area contributed by atoms with E-state index in [1.54, 1.807) is 41.3 Å². The zero-order valence-corrected chi connectivity index (χ0v) is 15.4. The molecule has 7 heteroatoms. The molecule has 1 aromatic carbocycles. The van der Waals surface area contributed by atoms with Gasteiger partial charge in [-0.15, -0.1) is 0 Å². The molecule has 0 N–H and O–H groups in total. The van der Waals surface area contributed by atoms with Gasteiger partial charge in [0.05, 0.1) is 5.02 Å². The molecule has 2 aliphatic heterocycles. The van der Waals surface area contributed by atoms with E-state index in [4.69, 9.17) is 16.3 Å². The molecule has 1 spiro atoms. The number of pyridine rings is 1. The smallest absolute Gasteiger partial charge is 0.253 e. The predicted octanol–water partition coefficient (Wildman–Crippen LogP) is 3.00. The first-order valence-electron chi connectivity index (χ1n) is 8.58. The Balaban J connectivity index is 1.32. The normalized spacial score (nSPS) is 17.1. The van der Waals surface area contributed by atoms with Crippen LogP contribution in [0.3, 0.4) is 0 Å². The molecule has 3 heterocycles. The largest absolute Gasteiger partial charge is 0.439 e. The maximum absolute atomic E-state index is 12.6. The zero-order chi connectivity index (χ0) is 19.0. The third kappa shape index (κ3) is 3.40. The Morgan fingerprint density at radius 2 is 1.74 bits per heavy atom. The molecular formula is C20H18ClN3O3. The van der Waals surface area contributed by atoms with Crippen molar-refractivity contribution in [1.82, 2.24) is 14.8 Å². The summed E-state index contributed by atoms with van der Waals surface area (Å²) in [5.74, 6) is 0.979. The third-order valence-electron chi connectivity index (χ3n) is 4.90. The van der Waals surface area contributed by atoms with Gasteiger partial charge in [0.1, 0.15) is 5.75 Å². The highest BCUT2D eigenvalue weighted by Gasteiger charge is 2.54. The highest BCUT2D eigenvalue weighted by Crippen LogP contribution is 2.40. The number of amides is 2. The van der Waals surface area contributed by atoms with Gasteiger partial charge in [-0.1, -0.05) is 18.2 Å². The van der Waals surface area contributed by atoms with Crippen molar-refractivity contribution in [3.8, 4) is 11.6 Å². The first-order valence-corrected chi connectivity index (χ1v) is 8.96. The second-order valence-corrected chi connectivity index (χ2v) is 7.44. The fourth-order valence-electron chi connectivity index (χ4n) is 3.55. The number of carbonyl (C=O) groups is 2. The monoisotopic (exact) mass is 383 g/mol. The van der Waals surface area contributed by atoms with Gasteiger partial charge in [-0.05, 0) is 36.4 Å². The zero-order valence-electron chi connectivity index (χ0n) is 14.6. The summed E-state index contributed by atoms with van der Waals surface area (Å²) in [4.78, 5) is 31.8. The maximum Gasteiger partial charge on any atom is 0.253 e. The van der Waals surface area contributed by atoms with E-state index < -0.39 is 0 Å². The lowest BCUT2D eigenvalue weighted by Gasteiger charge is -2.59. The number of ether oxygens (including phenoxy) is 1. The number of aromatic nitrogens is 1.